The summed E-state index contributed by atoms with van der Waals surface area (Å²) >= 11 is 8.41. The van der Waals surface area contributed by atoms with Crippen molar-refractivity contribution in [2.45, 2.75) is 0 Å². The highest BCUT2D eigenvalue weighted by molar-refractivity contribution is 7.20. The third-order valence-corrected chi connectivity index (χ3v) is 6.16. The first-order chi connectivity index (χ1) is 13.0. The molecule has 0 aliphatic carbocycles. The number of aromatic nitrogens is 1. The second-order valence-corrected chi connectivity index (χ2v) is 7.95. The first-order valence-electron chi connectivity index (χ1n) is 7.80. The summed E-state index contributed by atoms with van der Waals surface area (Å²) in [5.41, 5.74) is 1.76. The normalized spacial score (nSPS) is 10.9. The quantitative estimate of drug-likeness (QED) is 0.453. The highest BCUT2D eigenvalue weighted by Gasteiger charge is 2.22. The molecule has 2 aromatic heterocycles. The van der Waals surface area contributed by atoms with Gasteiger partial charge in [-0.2, -0.15) is 0 Å². The van der Waals surface area contributed by atoms with Crippen molar-refractivity contribution in [3.8, 4) is 10.4 Å². The number of fused-ring (bicyclic) bond motifs is 1. The molecule has 8 heteroatoms. The molecule has 1 amide bonds. The van der Waals surface area contributed by atoms with Crippen LogP contribution in [0.4, 0.5) is 5.69 Å². The minimum absolute atomic E-state index is 0.0526. The molecule has 2 aromatic carbocycles. The van der Waals surface area contributed by atoms with E-state index in [9.17, 15) is 14.7 Å². The highest BCUT2D eigenvalue weighted by atomic mass is 35.5. The number of carbonyl (C=O) groups excluding carboxylic acids is 1. The van der Waals surface area contributed by atoms with E-state index >= 15 is 0 Å². The van der Waals surface area contributed by atoms with Gasteiger partial charge in [0.1, 0.15) is 5.56 Å². The van der Waals surface area contributed by atoms with Gasteiger partial charge >= 0.3 is 5.97 Å². The van der Waals surface area contributed by atoms with Gasteiger partial charge in [-0.05, 0) is 29.8 Å². The monoisotopic (exact) mass is 414 g/mol. The van der Waals surface area contributed by atoms with Crippen LogP contribution in [0.15, 0.2) is 53.9 Å². The number of carboxylic acids is 1. The van der Waals surface area contributed by atoms with E-state index in [-0.39, 0.29) is 16.3 Å². The van der Waals surface area contributed by atoms with Gasteiger partial charge in [0, 0.05) is 10.4 Å². The summed E-state index contributed by atoms with van der Waals surface area (Å²) in [7, 11) is 0. The number of anilines is 1. The van der Waals surface area contributed by atoms with Crippen molar-refractivity contribution in [1.82, 2.24) is 4.98 Å². The standard InChI is InChI=1S/C19H11ClN2O3S2/c20-11-7-5-10(6-8-11)16-15(19(24)25)13(9-26-16)21-17(23)18-22-12-3-1-2-4-14(12)27-18/h1-9H,(H,21,23)(H,24,25). The van der Waals surface area contributed by atoms with E-state index in [1.54, 1.807) is 29.6 Å². The van der Waals surface area contributed by atoms with Crippen molar-refractivity contribution in [2.24, 2.45) is 0 Å². The molecule has 0 bridgehead atoms. The number of nitrogens with one attached hydrogen (secondary N) is 1. The molecule has 0 aliphatic rings. The van der Waals surface area contributed by atoms with Crippen LogP contribution in [0, 0.1) is 0 Å². The zero-order valence-electron chi connectivity index (χ0n) is 13.6. The Morgan fingerprint density at radius 2 is 1.81 bits per heavy atom. The summed E-state index contributed by atoms with van der Waals surface area (Å²) in [6.07, 6.45) is 0. The number of rotatable bonds is 4. The molecule has 0 saturated carbocycles. The minimum Gasteiger partial charge on any atom is -0.478 e. The minimum atomic E-state index is -1.11. The summed E-state index contributed by atoms with van der Waals surface area (Å²) in [5, 5.41) is 14.8. The molecular weight excluding hydrogens is 404 g/mol. The molecule has 4 aromatic rings. The summed E-state index contributed by atoms with van der Waals surface area (Å²) < 4.78 is 0.897. The Labute approximate surface area is 166 Å². The molecule has 27 heavy (non-hydrogen) atoms. The Morgan fingerprint density at radius 3 is 2.52 bits per heavy atom. The third-order valence-electron chi connectivity index (χ3n) is 3.85. The lowest BCUT2D eigenvalue weighted by Gasteiger charge is -2.05. The number of carbonyl (C=O) groups is 2. The zero-order chi connectivity index (χ0) is 19.0. The van der Waals surface area contributed by atoms with E-state index in [2.05, 4.69) is 10.3 Å². The summed E-state index contributed by atoms with van der Waals surface area (Å²) in [4.78, 5) is 29.3. The van der Waals surface area contributed by atoms with E-state index in [4.69, 9.17) is 11.6 Å². The number of aromatic carboxylic acids is 1. The number of carboxylic acid groups (broad SMARTS) is 1. The van der Waals surface area contributed by atoms with Crippen LogP contribution in [-0.2, 0) is 0 Å². The van der Waals surface area contributed by atoms with Crippen molar-refractivity contribution in [3.63, 3.8) is 0 Å². The molecule has 0 aliphatic heterocycles. The number of nitrogens with zero attached hydrogens (tertiary/aromatic N) is 1. The molecule has 2 heterocycles. The predicted molar refractivity (Wildman–Crippen MR) is 109 cm³/mol. The van der Waals surface area contributed by atoms with Crippen molar-refractivity contribution < 1.29 is 14.7 Å². The first-order valence-corrected chi connectivity index (χ1v) is 9.88. The lowest BCUT2D eigenvalue weighted by molar-refractivity contribution is 0.0699. The van der Waals surface area contributed by atoms with Crippen LogP contribution >= 0.6 is 34.3 Å². The molecule has 0 unspecified atom stereocenters. The molecule has 5 nitrogen and oxygen atoms in total. The number of benzene rings is 2. The van der Waals surface area contributed by atoms with Gasteiger partial charge in [-0.25, -0.2) is 9.78 Å². The Hall–Kier alpha value is -2.74. The van der Waals surface area contributed by atoms with Gasteiger partial charge in [-0.3, -0.25) is 4.79 Å². The molecule has 0 saturated heterocycles. The Kier molecular flexibility index (Phi) is 4.65. The lowest BCUT2D eigenvalue weighted by Crippen LogP contribution is -2.13. The summed E-state index contributed by atoms with van der Waals surface area (Å²) in [6, 6.07) is 14.3. The number of halogens is 1. The molecule has 4 rings (SSSR count). The third kappa shape index (κ3) is 3.44. The van der Waals surface area contributed by atoms with Crippen LogP contribution < -0.4 is 5.32 Å². The van der Waals surface area contributed by atoms with Crippen LogP contribution in [0.1, 0.15) is 20.2 Å². The highest BCUT2D eigenvalue weighted by Crippen LogP contribution is 2.37. The average molecular weight is 415 g/mol. The molecular formula is C19H11ClN2O3S2. The largest absolute Gasteiger partial charge is 0.478 e. The lowest BCUT2D eigenvalue weighted by atomic mass is 10.1. The number of hydrogen-bond donors (Lipinski definition) is 2. The number of thiophene rings is 1. The molecule has 2 N–H and O–H groups in total. The maximum atomic E-state index is 12.6. The molecule has 0 fully saturated rings. The SMILES string of the molecule is O=C(Nc1csc(-c2ccc(Cl)cc2)c1C(=O)O)c1nc2ccccc2s1. The van der Waals surface area contributed by atoms with Crippen molar-refractivity contribution in [3.05, 3.63) is 69.5 Å². The number of amides is 1. The topological polar surface area (TPSA) is 79.3 Å². The van der Waals surface area contributed by atoms with Crippen LogP contribution in [0.3, 0.4) is 0 Å². The fraction of sp³-hybridized carbons (Fsp3) is 0. The van der Waals surface area contributed by atoms with E-state index in [0.717, 1.165) is 15.8 Å². The van der Waals surface area contributed by atoms with Crippen LogP contribution in [0.25, 0.3) is 20.7 Å². The van der Waals surface area contributed by atoms with E-state index in [0.29, 0.717) is 9.90 Å². The van der Waals surface area contributed by atoms with E-state index in [1.165, 1.54) is 22.7 Å². The average Bonchev–Trinajstić information content (AvgIpc) is 3.26. The Balaban J connectivity index is 1.68. The van der Waals surface area contributed by atoms with Gasteiger partial charge in [-0.15, -0.1) is 22.7 Å². The molecule has 0 atom stereocenters. The van der Waals surface area contributed by atoms with Gasteiger partial charge in [0.05, 0.1) is 20.8 Å². The summed E-state index contributed by atoms with van der Waals surface area (Å²) in [6.45, 7) is 0. The fourth-order valence-electron chi connectivity index (χ4n) is 2.62. The van der Waals surface area contributed by atoms with Crippen LogP contribution in [0.2, 0.25) is 5.02 Å². The van der Waals surface area contributed by atoms with Crippen LogP contribution in [-0.4, -0.2) is 22.0 Å². The number of hydrogen-bond acceptors (Lipinski definition) is 5. The number of para-hydroxylation sites is 1. The van der Waals surface area contributed by atoms with Crippen LogP contribution in [0.5, 0.6) is 0 Å². The van der Waals surface area contributed by atoms with Gasteiger partial charge in [0.15, 0.2) is 5.01 Å². The second-order valence-electron chi connectivity index (χ2n) is 5.61. The Bertz CT molecular complexity index is 1130. The van der Waals surface area contributed by atoms with Crippen molar-refractivity contribution in [1.29, 1.82) is 0 Å². The van der Waals surface area contributed by atoms with Gasteiger partial charge in [-0.1, -0.05) is 35.9 Å². The van der Waals surface area contributed by atoms with Crippen molar-refractivity contribution in [2.75, 3.05) is 5.32 Å². The maximum absolute atomic E-state index is 12.6. The van der Waals surface area contributed by atoms with E-state index in [1.807, 2.05) is 24.3 Å². The molecule has 134 valence electrons. The Morgan fingerprint density at radius 1 is 1.07 bits per heavy atom. The number of thiazole rings is 1. The summed E-state index contributed by atoms with van der Waals surface area (Å²) in [5.74, 6) is -1.54. The van der Waals surface area contributed by atoms with Crippen molar-refractivity contribution >= 4 is 62.1 Å². The molecule has 0 spiro atoms. The van der Waals surface area contributed by atoms with Gasteiger partial charge in [0.25, 0.3) is 5.91 Å². The maximum Gasteiger partial charge on any atom is 0.339 e. The first kappa shape index (κ1) is 17.7. The second kappa shape index (κ2) is 7.11. The fourth-order valence-corrected chi connectivity index (χ4v) is 4.61. The predicted octanol–water partition coefficient (Wildman–Crippen LogP) is 5.63. The van der Waals surface area contributed by atoms with E-state index < -0.39 is 11.9 Å². The smallest absolute Gasteiger partial charge is 0.339 e. The zero-order valence-corrected chi connectivity index (χ0v) is 16.0. The van der Waals surface area contributed by atoms with Gasteiger partial charge in [0.2, 0.25) is 0 Å². The molecule has 0 radical (unpaired) electrons. The van der Waals surface area contributed by atoms with Gasteiger partial charge < -0.3 is 10.4 Å².